The topological polar surface area (TPSA) is 127 Å². The number of nitrogens with one attached hydrogen (secondary N) is 1. The van der Waals surface area contributed by atoms with Gasteiger partial charge in [0.1, 0.15) is 5.00 Å². The number of nitrogens with zero attached hydrogens (tertiary/aromatic N) is 1. The Morgan fingerprint density at radius 2 is 2.00 bits per heavy atom. The molecule has 1 aromatic heterocycles. The van der Waals surface area contributed by atoms with Crippen molar-refractivity contribution in [2.24, 2.45) is 0 Å². The number of anilines is 2. The molecule has 0 atom stereocenters. The maximum Gasteiger partial charge on any atom is 0.341 e. The molecule has 3 heterocycles. The van der Waals surface area contributed by atoms with Crippen LogP contribution in [0, 0.1) is 0 Å². The summed E-state index contributed by atoms with van der Waals surface area (Å²) in [6.07, 6.45) is 1.82. The van der Waals surface area contributed by atoms with E-state index in [9.17, 15) is 26.4 Å². The first-order chi connectivity index (χ1) is 15.0. The summed E-state index contributed by atoms with van der Waals surface area (Å²) in [6.45, 7) is 2.14. The number of hydrogen-bond donors (Lipinski definition) is 1. The smallest absolute Gasteiger partial charge is 0.341 e. The zero-order valence-electron chi connectivity index (χ0n) is 17.5. The predicted molar refractivity (Wildman–Crippen MR) is 122 cm³/mol. The number of ether oxygens (including phenoxy) is 1. The van der Waals surface area contributed by atoms with Crippen molar-refractivity contribution in [3.63, 3.8) is 0 Å². The van der Waals surface area contributed by atoms with Crippen LogP contribution < -0.4 is 9.62 Å². The number of amides is 1. The van der Waals surface area contributed by atoms with Gasteiger partial charge in [0.15, 0.2) is 9.84 Å². The van der Waals surface area contributed by atoms with Crippen molar-refractivity contribution < 1.29 is 31.2 Å². The van der Waals surface area contributed by atoms with E-state index >= 15 is 0 Å². The highest BCUT2D eigenvalue weighted by atomic mass is 32.2. The molecule has 0 spiro atoms. The normalized spacial score (nSPS) is 16.9. The Morgan fingerprint density at radius 1 is 1.25 bits per heavy atom. The van der Waals surface area contributed by atoms with E-state index in [1.165, 1.54) is 10.4 Å². The SMILES string of the molecule is CCOC(=O)c1c(NC(=O)c2ccc3c(c2)CCN3S(C)(=O)=O)sc2c1CCS(=O)(=O)C2. The Balaban J connectivity index is 1.65. The second-order valence-electron chi connectivity index (χ2n) is 7.65. The van der Waals surface area contributed by atoms with E-state index in [-0.39, 0.29) is 35.1 Å². The number of rotatable bonds is 5. The molecule has 9 nitrogen and oxygen atoms in total. The lowest BCUT2D eigenvalue weighted by molar-refractivity contribution is 0.0526. The molecule has 4 rings (SSSR count). The van der Waals surface area contributed by atoms with Crippen LogP contribution in [0.3, 0.4) is 0 Å². The quantitative estimate of drug-likeness (QED) is 0.625. The molecule has 1 N–H and O–H groups in total. The van der Waals surface area contributed by atoms with Gasteiger partial charge in [0.2, 0.25) is 10.0 Å². The third-order valence-electron chi connectivity index (χ3n) is 5.41. The summed E-state index contributed by atoms with van der Waals surface area (Å²) in [5.74, 6) is -1.30. The summed E-state index contributed by atoms with van der Waals surface area (Å²) >= 11 is 1.07. The first-order valence-electron chi connectivity index (χ1n) is 9.94. The maximum atomic E-state index is 13.0. The number of carbonyl (C=O) groups excluding carboxylic acids is 2. The Labute approximate surface area is 190 Å². The zero-order chi connectivity index (χ0) is 23.3. The highest BCUT2D eigenvalue weighted by Crippen LogP contribution is 2.39. The second kappa shape index (κ2) is 8.16. The minimum absolute atomic E-state index is 0.0574. The van der Waals surface area contributed by atoms with E-state index in [1.54, 1.807) is 19.1 Å². The van der Waals surface area contributed by atoms with Crippen LogP contribution in [0.15, 0.2) is 18.2 Å². The van der Waals surface area contributed by atoms with Crippen molar-refractivity contribution in [2.45, 2.75) is 25.5 Å². The average molecular weight is 499 g/mol. The van der Waals surface area contributed by atoms with Crippen molar-refractivity contribution >= 4 is 53.8 Å². The number of sulfonamides is 1. The van der Waals surface area contributed by atoms with Gasteiger partial charge in [-0.3, -0.25) is 9.10 Å². The van der Waals surface area contributed by atoms with E-state index < -0.39 is 31.7 Å². The third kappa shape index (κ3) is 4.26. The summed E-state index contributed by atoms with van der Waals surface area (Å²) in [5, 5.41) is 2.99. The van der Waals surface area contributed by atoms with Crippen LogP contribution >= 0.6 is 11.3 Å². The van der Waals surface area contributed by atoms with Crippen LogP contribution in [-0.4, -0.2) is 53.9 Å². The van der Waals surface area contributed by atoms with Gasteiger partial charge < -0.3 is 10.1 Å². The van der Waals surface area contributed by atoms with Crippen LogP contribution in [0.2, 0.25) is 0 Å². The van der Waals surface area contributed by atoms with Crippen LogP contribution in [0.4, 0.5) is 10.7 Å². The summed E-state index contributed by atoms with van der Waals surface area (Å²) in [4.78, 5) is 26.1. The molecule has 32 heavy (non-hydrogen) atoms. The van der Waals surface area contributed by atoms with Gasteiger partial charge in [-0.25, -0.2) is 21.6 Å². The number of carbonyl (C=O) groups is 2. The van der Waals surface area contributed by atoms with Gasteiger partial charge in [-0.1, -0.05) is 0 Å². The van der Waals surface area contributed by atoms with Crippen molar-refractivity contribution in [1.82, 2.24) is 0 Å². The van der Waals surface area contributed by atoms with Crippen LogP contribution in [0.25, 0.3) is 0 Å². The molecule has 2 aliphatic rings. The van der Waals surface area contributed by atoms with E-state index in [0.717, 1.165) is 23.2 Å². The number of thiophene rings is 1. The highest BCUT2D eigenvalue weighted by molar-refractivity contribution is 7.92. The predicted octanol–water partition coefficient (Wildman–Crippen LogP) is 1.97. The van der Waals surface area contributed by atoms with E-state index in [1.807, 2.05) is 0 Å². The largest absolute Gasteiger partial charge is 0.462 e. The molecule has 0 saturated heterocycles. The Morgan fingerprint density at radius 3 is 2.69 bits per heavy atom. The summed E-state index contributed by atoms with van der Waals surface area (Å²) in [5.41, 5.74) is 2.42. The first-order valence-corrected chi connectivity index (χ1v) is 14.4. The van der Waals surface area contributed by atoms with Gasteiger partial charge in [-0.15, -0.1) is 11.3 Å². The first kappa shape index (κ1) is 22.7. The van der Waals surface area contributed by atoms with Gasteiger partial charge >= 0.3 is 5.97 Å². The molecule has 0 bridgehead atoms. The molecule has 0 saturated carbocycles. The summed E-state index contributed by atoms with van der Waals surface area (Å²) in [6, 6.07) is 4.76. The van der Waals surface area contributed by atoms with Gasteiger partial charge in [-0.2, -0.15) is 0 Å². The Bertz CT molecular complexity index is 1330. The number of benzene rings is 1. The molecule has 0 radical (unpaired) electrons. The lowest BCUT2D eigenvalue weighted by Crippen LogP contribution is -2.27. The lowest BCUT2D eigenvalue weighted by atomic mass is 10.1. The number of hydrogen-bond acceptors (Lipinski definition) is 8. The summed E-state index contributed by atoms with van der Waals surface area (Å²) in [7, 11) is -6.65. The minimum Gasteiger partial charge on any atom is -0.462 e. The molecule has 0 aliphatic carbocycles. The second-order valence-corrected chi connectivity index (χ2v) is 12.8. The van der Waals surface area contributed by atoms with E-state index in [2.05, 4.69) is 5.32 Å². The summed E-state index contributed by atoms with van der Waals surface area (Å²) < 4.78 is 54.3. The van der Waals surface area contributed by atoms with Gasteiger partial charge in [0.05, 0.1) is 35.6 Å². The molecule has 0 unspecified atom stereocenters. The third-order valence-corrected chi connectivity index (χ3v) is 9.47. The molecule has 1 aromatic carbocycles. The fourth-order valence-electron chi connectivity index (χ4n) is 3.96. The average Bonchev–Trinajstić information content (AvgIpc) is 3.27. The zero-order valence-corrected chi connectivity index (χ0v) is 20.0. The lowest BCUT2D eigenvalue weighted by Gasteiger charge is -2.16. The van der Waals surface area contributed by atoms with Crippen molar-refractivity contribution in [2.75, 3.05) is 34.8 Å². The molecule has 2 aromatic rings. The van der Waals surface area contributed by atoms with Crippen molar-refractivity contribution in [3.8, 4) is 0 Å². The maximum absolute atomic E-state index is 13.0. The van der Waals surface area contributed by atoms with Crippen molar-refractivity contribution in [1.29, 1.82) is 0 Å². The van der Waals surface area contributed by atoms with Crippen LogP contribution in [0.5, 0.6) is 0 Å². The molecule has 2 aliphatic heterocycles. The Kier molecular flexibility index (Phi) is 5.80. The molecule has 1 amide bonds. The molecule has 12 heteroatoms. The van der Waals surface area contributed by atoms with Gasteiger partial charge in [0.25, 0.3) is 5.91 Å². The van der Waals surface area contributed by atoms with Crippen LogP contribution in [0.1, 0.15) is 43.6 Å². The van der Waals surface area contributed by atoms with Crippen LogP contribution in [-0.2, 0) is 43.2 Å². The number of esters is 1. The fraction of sp³-hybridized carbons (Fsp3) is 0.400. The molecular weight excluding hydrogens is 476 g/mol. The van der Waals surface area contributed by atoms with E-state index in [0.29, 0.717) is 34.7 Å². The number of fused-ring (bicyclic) bond motifs is 2. The Hall–Kier alpha value is -2.44. The van der Waals surface area contributed by atoms with Gasteiger partial charge in [-0.05, 0) is 49.1 Å². The van der Waals surface area contributed by atoms with E-state index in [4.69, 9.17) is 4.74 Å². The fourth-order valence-corrected chi connectivity index (χ4v) is 7.95. The van der Waals surface area contributed by atoms with Crippen molar-refractivity contribution in [3.05, 3.63) is 45.3 Å². The monoisotopic (exact) mass is 498 g/mol. The van der Waals surface area contributed by atoms with Gasteiger partial charge in [0, 0.05) is 17.0 Å². The molecule has 0 fully saturated rings. The minimum atomic E-state index is -3.40. The standard InChI is InChI=1S/C20H22N2O7S3/c1-3-29-20(24)17-14-7-9-32(27,28)11-16(14)30-19(17)21-18(23)13-4-5-15-12(10-13)6-8-22(15)31(2,25)26/h4-5,10H,3,6-9,11H2,1-2H3,(H,21,23). The molecule has 172 valence electrons. The number of sulfone groups is 1. The highest BCUT2D eigenvalue weighted by Gasteiger charge is 2.32. The molecular formula is C20H22N2O7S3.